The molecule has 86 valence electrons. The molecule has 1 aromatic carbocycles. The van der Waals surface area contributed by atoms with Crippen molar-refractivity contribution in [2.75, 3.05) is 0 Å². The van der Waals surface area contributed by atoms with Gasteiger partial charge in [-0.1, -0.05) is 30.3 Å². The average molecular weight is 225 g/mol. The van der Waals surface area contributed by atoms with Gasteiger partial charge < -0.3 is 0 Å². The SMILES string of the molecule is Cc1ccccc1C(=O)CCc1cccnc1. The Labute approximate surface area is 101 Å². The number of benzene rings is 1. The lowest BCUT2D eigenvalue weighted by atomic mass is 10.00. The topological polar surface area (TPSA) is 30.0 Å². The third-order valence-electron chi connectivity index (χ3n) is 2.81. The van der Waals surface area contributed by atoms with Crippen molar-refractivity contribution >= 4 is 5.78 Å². The zero-order valence-electron chi connectivity index (χ0n) is 9.89. The first-order chi connectivity index (χ1) is 8.27. The maximum Gasteiger partial charge on any atom is 0.163 e. The van der Waals surface area contributed by atoms with Gasteiger partial charge in [0.1, 0.15) is 0 Å². The molecule has 0 aliphatic carbocycles. The molecule has 2 heteroatoms. The highest BCUT2D eigenvalue weighted by Crippen LogP contribution is 2.11. The molecule has 0 aliphatic heterocycles. The van der Waals surface area contributed by atoms with E-state index in [1.807, 2.05) is 49.5 Å². The van der Waals surface area contributed by atoms with E-state index in [0.29, 0.717) is 6.42 Å². The van der Waals surface area contributed by atoms with E-state index in [1.54, 1.807) is 6.20 Å². The summed E-state index contributed by atoms with van der Waals surface area (Å²) in [4.78, 5) is 16.1. The molecule has 0 atom stereocenters. The lowest BCUT2D eigenvalue weighted by Crippen LogP contribution is -2.03. The molecule has 0 fully saturated rings. The minimum absolute atomic E-state index is 0.201. The monoisotopic (exact) mass is 225 g/mol. The Bertz CT molecular complexity index is 505. The van der Waals surface area contributed by atoms with Gasteiger partial charge in [-0.3, -0.25) is 9.78 Å². The first-order valence-electron chi connectivity index (χ1n) is 5.75. The van der Waals surface area contributed by atoms with Crippen LogP contribution in [0.5, 0.6) is 0 Å². The quantitative estimate of drug-likeness (QED) is 0.748. The van der Waals surface area contributed by atoms with Crippen LogP contribution >= 0.6 is 0 Å². The molecule has 0 saturated carbocycles. The number of rotatable bonds is 4. The summed E-state index contributed by atoms with van der Waals surface area (Å²) in [6.45, 7) is 1.97. The van der Waals surface area contributed by atoms with E-state index in [4.69, 9.17) is 0 Å². The Morgan fingerprint density at radius 2 is 2.00 bits per heavy atom. The number of hydrogen-bond acceptors (Lipinski definition) is 2. The van der Waals surface area contributed by atoms with Gasteiger partial charge in [-0.25, -0.2) is 0 Å². The Kier molecular flexibility index (Phi) is 3.66. The van der Waals surface area contributed by atoms with Crippen molar-refractivity contribution in [3.8, 4) is 0 Å². The second-order valence-corrected chi connectivity index (χ2v) is 4.10. The smallest absolute Gasteiger partial charge is 0.163 e. The van der Waals surface area contributed by atoms with E-state index in [2.05, 4.69) is 4.98 Å². The summed E-state index contributed by atoms with van der Waals surface area (Å²) in [7, 11) is 0. The average Bonchev–Trinajstić information content (AvgIpc) is 2.38. The summed E-state index contributed by atoms with van der Waals surface area (Å²) < 4.78 is 0. The van der Waals surface area contributed by atoms with E-state index >= 15 is 0 Å². The fourth-order valence-electron chi connectivity index (χ4n) is 1.82. The van der Waals surface area contributed by atoms with Gasteiger partial charge >= 0.3 is 0 Å². The number of ketones is 1. The van der Waals surface area contributed by atoms with Crippen molar-refractivity contribution in [1.29, 1.82) is 0 Å². The van der Waals surface area contributed by atoms with Gasteiger partial charge in [0.15, 0.2) is 5.78 Å². The number of aryl methyl sites for hydroxylation is 2. The molecule has 1 heterocycles. The van der Waals surface area contributed by atoms with Crippen molar-refractivity contribution in [3.63, 3.8) is 0 Å². The van der Waals surface area contributed by atoms with E-state index in [9.17, 15) is 4.79 Å². The summed E-state index contributed by atoms with van der Waals surface area (Å²) in [6.07, 6.45) is 4.84. The van der Waals surface area contributed by atoms with Crippen LogP contribution in [0.25, 0.3) is 0 Å². The van der Waals surface area contributed by atoms with Gasteiger partial charge in [-0.05, 0) is 30.5 Å². The van der Waals surface area contributed by atoms with Gasteiger partial charge in [0, 0.05) is 24.4 Å². The Balaban J connectivity index is 2.01. The third-order valence-corrected chi connectivity index (χ3v) is 2.81. The molecule has 0 N–H and O–H groups in total. The van der Waals surface area contributed by atoms with Crippen molar-refractivity contribution < 1.29 is 4.79 Å². The summed E-state index contributed by atoms with van der Waals surface area (Å²) in [5.74, 6) is 0.201. The molecule has 0 aliphatic rings. The van der Waals surface area contributed by atoms with Crippen LogP contribution in [0.2, 0.25) is 0 Å². The second kappa shape index (κ2) is 5.39. The van der Waals surface area contributed by atoms with Crippen molar-refractivity contribution in [2.24, 2.45) is 0 Å². The van der Waals surface area contributed by atoms with Gasteiger partial charge in [0.05, 0.1) is 0 Å². The highest BCUT2D eigenvalue weighted by atomic mass is 16.1. The predicted molar refractivity (Wildman–Crippen MR) is 68.1 cm³/mol. The molecule has 0 radical (unpaired) electrons. The van der Waals surface area contributed by atoms with Gasteiger partial charge in [0.25, 0.3) is 0 Å². The van der Waals surface area contributed by atoms with Crippen LogP contribution in [-0.4, -0.2) is 10.8 Å². The first-order valence-corrected chi connectivity index (χ1v) is 5.75. The Hall–Kier alpha value is -1.96. The van der Waals surface area contributed by atoms with Crippen LogP contribution in [0.1, 0.15) is 27.9 Å². The first kappa shape index (κ1) is 11.5. The number of carbonyl (C=O) groups excluding carboxylic acids is 1. The van der Waals surface area contributed by atoms with Gasteiger partial charge in [-0.15, -0.1) is 0 Å². The molecular formula is C15H15NO. The van der Waals surface area contributed by atoms with Crippen LogP contribution in [0.15, 0.2) is 48.8 Å². The van der Waals surface area contributed by atoms with Crippen molar-refractivity contribution in [3.05, 3.63) is 65.5 Å². The summed E-state index contributed by atoms with van der Waals surface area (Å²) in [5.41, 5.74) is 2.98. The molecule has 1 aromatic heterocycles. The Morgan fingerprint density at radius 3 is 2.71 bits per heavy atom. The number of aromatic nitrogens is 1. The molecule has 0 amide bonds. The minimum Gasteiger partial charge on any atom is -0.294 e. The highest BCUT2D eigenvalue weighted by molar-refractivity contribution is 5.97. The summed E-state index contributed by atoms with van der Waals surface area (Å²) in [6, 6.07) is 11.6. The second-order valence-electron chi connectivity index (χ2n) is 4.10. The van der Waals surface area contributed by atoms with E-state index < -0.39 is 0 Å². The molecule has 2 nitrogen and oxygen atoms in total. The van der Waals surface area contributed by atoms with Crippen LogP contribution in [0.4, 0.5) is 0 Å². The van der Waals surface area contributed by atoms with Gasteiger partial charge in [-0.2, -0.15) is 0 Å². The van der Waals surface area contributed by atoms with Crippen molar-refractivity contribution in [1.82, 2.24) is 4.98 Å². The molecule has 2 rings (SSSR count). The molecule has 2 aromatic rings. The lowest BCUT2D eigenvalue weighted by Gasteiger charge is -2.04. The zero-order chi connectivity index (χ0) is 12.1. The molecule has 0 unspecified atom stereocenters. The molecule has 0 saturated heterocycles. The maximum atomic E-state index is 12.0. The van der Waals surface area contributed by atoms with Crippen molar-refractivity contribution in [2.45, 2.75) is 19.8 Å². The number of carbonyl (C=O) groups is 1. The fraction of sp³-hybridized carbons (Fsp3) is 0.200. The zero-order valence-corrected chi connectivity index (χ0v) is 9.89. The predicted octanol–water partition coefficient (Wildman–Crippen LogP) is 3.21. The maximum absolute atomic E-state index is 12.0. The highest BCUT2D eigenvalue weighted by Gasteiger charge is 2.08. The van der Waals surface area contributed by atoms with Crippen LogP contribution in [-0.2, 0) is 6.42 Å². The van der Waals surface area contributed by atoms with E-state index in [1.165, 1.54) is 0 Å². The van der Waals surface area contributed by atoms with E-state index in [-0.39, 0.29) is 5.78 Å². The van der Waals surface area contributed by atoms with Crippen LogP contribution in [0, 0.1) is 6.92 Å². The number of pyridine rings is 1. The molecule has 0 spiro atoms. The largest absolute Gasteiger partial charge is 0.294 e. The van der Waals surface area contributed by atoms with E-state index in [0.717, 1.165) is 23.1 Å². The lowest BCUT2D eigenvalue weighted by molar-refractivity contribution is 0.0982. The standard InChI is InChI=1S/C15H15NO/c1-12-5-2-3-7-14(12)15(17)9-8-13-6-4-10-16-11-13/h2-7,10-11H,8-9H2,1H3. The fourth-order valence-corrected chi connectivity index (χ4v) is 1.82. The van der Waals surface area contributed by atoms with Crippen LogP contribution in [0.3, 0.4) is 0 Å². The summed E-state index contributed by atoms with van der Waals surface area (Å²) in [5, 5.41) is 0. The molecular weight excluding hydrogens is 210 g/mol. The normalized spacial score (nSPS) is 10.2. The minimum atomic E-state index is 0.201. The summed E-state index contributed by atoms with van der Waals surface area (Å²) >= 11 is 0. The number of Topliss-reactive ketones (excluding diaryl/α,β-unsaturated/α-hetero) is 1. The third kappa shape index (κ3) is 3.00. The molecule has 17 heavy (non-hydrogen) atoms. The van der Waals surface area contributed by atoms with Crippen LogP contribution < -0.4 is 0 Å². The number of hydrogen-bond donors (Lipinski definition) is 0. The van der Waals surface area contributed by atoms with Gasteiger partial charge in [0.2, 0.25) is 0 Å². The Morgan fingerprint density at radius 1 is 1.18 bits per heavy atom. The molecule has 0 bridgehead atoms. The number of nitrogens with zero attached hydrogens (tertiary/aromatic N) is 1.